The third kappa shape index (κ3) is 2.03. The summed E-state index contributed by atoms with van der Waals surface area (Å²) in [5, 5.41) is 14.3. The van der Waals surface area contributed by atoms with Crippen molar-refractivity contribution in [2.24, 2.45) is 5.41 Å². The minimum absolute atomic E-state index is 0.0448. The molecule has 4 heteroatoms. The highest BCUT2D eigenvalue weighted by molar-refractivity contribution is 5.98. The van der Waals surface area contributed by atoms with Gasteiger partial charge in [-0.1, -0.05) is 32.0 Å². The molecular weight excluding hydrogens is 252 g/mol. The number of carbonyl (C=O) groups excluding carboxylic acids is 1. The Morgan fingerprint density at radius 1 is 1.35 bits per heavy atom. The SMILES string of the molecule is CC1(C)CNCCC1(O)CN1Cc2ccccc2C1=O. The fraction of sp³-hybridized carbons (Fsp3) is 0.562. The number of benzene rings is 1. The first-order valence-electron chi connectivity index (χ1n) is 7.23. The van der Waals surface area contributed by atoms with Gasteiger partial charge in [-0.25, -0.2) is 0 Å². The predicted octanol–water partition coefficient (Wildman–Crippen LogP) is 1.39. The topological polar surface area (TPSA) is 52.6 Å². The lowest BCUT2D eigenvalue weighted by molar-refractivity contribution is -0.101. The second-order valence-corrected chi connectivity index (χ2v) is 6.66. The van der Waals surface area contributed by atoms with Gasteiger partial charge in [-0.3, -0.25) is 4.79 Å². The van der Waals surface area contributed by atoms with E-state index in [1.165, 1.54) is 0 Å². The molecule has 1 saturated heterocycles. The van der Waals surface area contributed by atoms with Gasteiger partial charge >= 0.3 is 0 Å². The Hall–Kier alpha value is -1.39. The van der Waals surface area contributed by atoms with Gasteiger partial charge in [0.05, 0.1) is 12.1 Å². The highest BCUT2D eigenvalue weighted by Crippen LogP contribution is 2.38. The molecule has 1 fully saturated rings. The van der Waals surface area contributed by atoms with E-state index < -0.39 is 5.60 Å². The maximum Gasteiger partial charge on any atom is 0.254 e. The van der Waals surface area contributed by atoms with Crippen molar-refractivity contribution in [1.29, 1.82) is 0 Å². The van der Waals surface area contributed by atoms with E-state index >= 15 is 0 Å². The quantitative estimate of drug-likeness (QED) is 0.857. The number of hydrogen-bond donors (Lipinski definition) is 2. The maximum absolute atomic E-state index is 12.4. The zero-order valence-corrected chi connectivity index (χ0v) is 12.1. The summed E-state index contributed by atoms with van der Waals surface area (Å²) >= 11 is 0. The molecule has 1 amide bonds. The largest absolute Gasteiger partial charge is 0.387 e. The van der Waals surface area contributed by atoms with E-state index in [1.54, 1.807) is 4.90 Å². The second kappa shape index (κ2) is 4.57. The summed E-state index contributed by atoms with van der Waals surface area (Å²) in [7, 11) is 0. The summed E-state index contributed by atoms with van der Waals surface area (Å²) in [6, 6.07) is 7.71. The molecular formula is C16H22N2O2. The number of amides is 1. The van der Waals surface area contributed by atoms with Crippen molar-refractivity contribution >= 4 is 5.91 Å². The lowest BCUT2D eigenvalue weighted by atomic mass is 9.70. The third-order valence-electron chi connectivity index (χ3n) is 4.89. The van der Waals surface area contributed by atoms with Crippen LogP contribution < -0.4 is 5.32 Å². The molecule has 0 spiro atoms. The normalized spacial score (nSPS) is 28.6. The summed E-state index contributed by atoms with van der Waals surface area (Å²) in [5.41, 5.74) is 0.784. The van der Waals surface area contributed by atoms with Crippen molar-refractivity contribution in [3.8, 4) is 0 Å². The molecule has 0 saturated carbocycles. The molecule has 0 radical (unpaired) electrons. The van der Waals surface area contributed by atoms with Crippen LogP contribution >= 0.6 is 0 Å². The van der Waals surface area contributed by atoms with Crippen molar-refractivity contribution in [1.82, 2.24) is 10.2 Å². The zero-order chi connectivity index (χ0) is 14.4. The molecule has 3 rings (SSSR count). The average molecular weight is 274 g/mol. The lowest BCUT2D eigenvalue weighted by Crippen LogP contribution is -2.60. The molecule has 108 valence electrons. The summed E-state index contributed by atoms with van der Waals surface area (Å²) in [6.45, 7) is 6.73. The molecule has 2 aliphatic rings. The van der Waals surface area contributed by atoms with Crippen LogP contribution in [0, 0.1) is 5.41 Å². The standard InChI is InChI=1S/C16H22N2O2/c1-15(2)10-17-8-7-16(15,20)11-18-9-12-5-3-4-6-13(12)14(18)19/h3-6,17,20H,7-11H2,1-2H3. The number of hydrogen-bond acceptors (Lipinski definition) is 3. The Labute approximate surface area is 119 Å². The molecule has 2 aliphatic heterocycles. The fourth-order valence-electron chi connectivity index (χ4n) is 3.25. The first-order chi connectivity index (χ1) is 9.43. The predicted molar refractivity (Wildman–Crippen MR) is 77.4 cm³/mol. The summed E-state index contributed by atoms with van der Waals surface area (Å²) in [5.74, 6) is 0.0448. The third-order valence-corrected chi connectivity index (χ3v) is 4.89. The number of nitrogens with zero attached hydrogens (tertiary/aromatic N) is 1. The van der Waals surface area contributed by atoms with Gasteiger partial charge < -0.3 is 15.3 Å². The minimum atomic E-state index is -0.823. The smallest absolute Gasteiger partial charge is 0.254 e. The molecule has 1 aromatic rings. The van der Waals surface area contributed by atoms with Gasteiger partial charge in [0.2, 0.25) is 0 Å². The van der Waals surface area contributed by atoms with Crippen LogP contribution in [-0.2, 0) is 6.54 Å². The molecule has 0 aromatic heterocycles. The molecule has 2 N–H and O–H groups in total. The highest BCUT2D eigenvalue weighted by atomic mass is 16.3. The van der Waals surface area contributed by atoms with E-state index in [0.29, 0.717) is 19.5 Å². The van der Waals surface area contributed by atoms with Crippen LogP contribution in [0.15, 0.2) is 24.3 Å². The number of rotatable bonds is 2. The molecule has 0 bridgehead atoms. The van der Waals surface area contributed by atoms with Crippen molar-refractivity contribution in [2.45, 2.75) is 32.4 Å². The van der Waals surface area contributed by atoms with Crippen molar-refractivity contribution in [2.75, 3.05) is 19.6 Å². The van der Waals surface area contributed by atoms with E-state index in [1.807, 2.05) is 24.3 Å². The van der Waals surface area contributed by atoms with Crippen LogP contribution in [0.25, 0.3) is 0 Å². The zero-order valence-electron chi connectivity index (χ0n) is 12.1. The van der Waals surface area contributed by atoms with Gasteiger partial charge in [-0.2, -0.15) is 0 Å². The van der Waals surface area contributed by atoms with Crippen LogP contribution in [-0.4, -0.2) is 41.1 Å². The van der Waals surface area contributed by atoms with Crippen LogP contribution in [0.5, 0.6) is 0 Å². The van der Waals surface area contributed by atoms with E-state index in [4.69, 9.17) is 0 Å². The molecule has 1 unspecified atom stereocenters. The van der Waals surface area contributed by atoms with Crippen molar-refractivity contribution < 1.29 is 9.90 Å². The molecule has 4 nitrogen and oxygen atoms in total. The Morgan fingerprint density at radius 2 is 2.10 bits per heavy atom. The first-order valence-corrected chi connectivity index (χ1v) is 7.23. The van der Waals surface area contributed by atoms with Crippen LogP contribution in [0.4, 0.5) is 0 Å². The maximum atomic E-state index is 12.4. The number of carbonyl (C=O) groups is 1. The second-order valence-electron chi connectivity index (χ2n) is 6.66. The monoisotopic (exact) mass is 274 g/mol. The number of β-amino-alcohol motifs (C(OH)–C–C–N with tert-alkyl or cyclic N) is 1. The fourth-order valence-corrected chi connectivity index (χ4v) is 3.25. The number of piperidine rings is 1. The molecule has 0 aliphatic carbocycles. The van der Waals surface area contributed by atoms with Gasteiger partial charge in [-0.15, -0.1) is 0 Å². The summed E-state index contributed by atoms with van der Waals surface area (Å²) < 4.78 is 0. The Bertz CT molecular complexity index is 541. The Morgan fingerprint density at radius 3 is 2.80 bits per heavy atom. The summed E-state index contributed by atoms with van der Waals surface area (Å²) in [4.78, 5) is 14.2. The van der Waals surface area contributed by atoms with Gasteiger partial charge in [0.15, 0.2) is 0 Å². The molecule has 1 aromatic carbocycles. The van der Waals surface area contributed by atoms with Crippen molar-refractivity contribution in [3.63, 3.8) is 0 Å². The molecule has 1 atom stereocenters. The van der Waals surface area contributed by atoms with E-state index in [2.05, 4.69) is 19.2 Å². The first kappa shape index (κ1) is 13.6. The average Bonchev–Trinajstić information content (AvgIpc) is 2.71. The van der Waals surface area contributed by atoms with Crippen molar-refractivity contribution in [3.05, 3.63) is 35.4 Å². The summed E-state index contributed by atoms with van der Waals surface area (Å²) in [6.07, 6.45) is 0.681. The van der Waals surface area contributed by atoms with E-state index in [9.17, 15) is 9.90 Å². The highest BCUT2D eigenvalue weighted by Gasteiger charge is 2.47. The lowest BCUT2D eigenvalue weighted by Gasteiger charge is -2.48. The van der Waals surface area contributed by atoms with E-state index in [0.717, 1.165) is 24.2 Å². The van der Waals surface area contributed by atoms with Crippen LogP contribution in [0.1, 0.15) is 36.2 Å². The van der Waals surface area contributed by atoms with E-state index in [-0.39, 0.29) is 11.3 Å². The molecule has 2 heterocycles. The Balaban J connectivity index is 1.81. The number of aliphatic hydroxyl groups is 1. The number of nitrogens with one attached hydrogen (secondary N) is 1. The Kier molecular flexibility index (Phi) is 3.10. The van der Waals surface area contributed by atoms with Gasteiger partial charge in [0, 0.05) is 24.1 Å². The van der Waals surface area contributed by atoms with Gasteiger partial charge in [0.25, 0.3) is 5.91 Å². The van der Waals surface area contributed by atoms with Crippen LogP contribution in [0.2, 0.25) is 0 Å². The number of fused-ring (bicyclic) bond motifs is 1. The van der Waals surface area contributed by atoms with Gasteiger partial charge in [0.1, 0.15) is 0 Å². The molecule has 20 heavy (non-hydrogen) atoms. The van der Waals surface area contributed by atoms with Gasteiger partial charge in [-0.05, 0) is 24.6 Å². The van der Waals surface area contributed by atoms with Crippen LogP contribution in [0.3, 0.4) is 0 Å². The minimum Gasteiger partial charge on any atom is -0.387 e.